The lowest BCUT2D eigenvalue weighted by molar-refractivity contribution is -0.142. The van der Waals surface area contributed by atoms with Gasteiger partial charge in [0.15, 0.2) is 0 Å². The summed E-state index contributed by atoms with van der Waals surface area (Å²) in [6, 6.07) is 3.46. The van der Waals surface area contributed by atoms with Crippen LogP contribution < -0.4 is 10.2 Å². The van der Waals surface area contributed by atoms with Crippen LogP contribution in [0.5, 0.6) is 0 Å². The van der Waals surface area contributed by atoms with Gasteiger partial charge in [-0.2, -0.15) is 0 Å². The first kappa shape index (κ1) is 14.3. The van der Waals surface area contributed by atoms with Gasteiger partial charge in [0.05, 0.1) is 17.8 Å². The van der Waals surface area contributed by atoms with Gasteiger partial charge < -0.3 is 10.4 Å². The van der Waals surface area contributed by atoms with Crippen LogP contribution in [-0.2, 0) is 4.79 Å². The van der Waals surface area contributed by atoms with Gasteiger partial charge in [-0.25, -0.2) is 4.79 Å². The molecule has 1 aromatic heterocycles. The number of amides is 2. The zero-order chi connectivity index (χ0) is 14.5. The van der Waals surface area contributed by atoms with Gasteiger partial charge in [0.1, 0.15) is 0 Å². The number of hydrogen-bond acceptors (Lipinski definition) is 3. The standard InChI is InChI=1S/C14H19N3O3/c1-17(12-3-2-8-15-9-12)14(20)16-11-6-4-10(5-7-11)13(18)19/h2-3,8-11H,4-7H2,1H3,(H,16,20)(H,18,19). The van der Waals surface area contributed by atoms with Gasteiger partial charge in [-0.3, -0.25) is 14.7 Å². The Bertz CT molecular complexity index is 470. The molecule has 0 unspecified atom stereocenters. The van der Waals surface area contributed by atoms with Gasteiger partial charge in [-0.1, -0.05) is 0 Å². The maximum Gasteiger partial charge on any atom is 0.321 e. The summed E-state index contributed by atoms with van der Waals surface area (Å²) in [5, 5.41) is 11.9. The maximum atomic E-state index is 12.1. The Labute approximate surface area is 117 Å². The van der Waals surface area contributed by atoms with Gasteiger partial charge >= 0.3 is 12.0 Å². The average molecular weight is 277 g/mol. The van der Waals surface area contributed by atoms with E-state index in [0.717, 1.165) is 5.69 Å². The Morgan fingerprint density at radius 1 is 1.35 bits per heavy atom. The third kappa shape index (κ3) is 3.46. The molecule has 0 saturated heterocycles. The van der Waals surface area contributed by atoms with Gasteiger partial charge in [-0.15, -0.1) is 0 Å². The highest BCUT2D eigenvalue weighted by Crippen LogP contribution is 2.24. The number of anilines is 1. The van der Waals surface area contributed by atoms with E-state index in [2.05, 4.69) is 10.3 Å². The van der Waals surface area contributed by atoms with Crippen LogP contribution >= 0.6 is 0 Å². The molecule has 1 aliphatic rings. The summed E-state index contributed by atoms with van der Waals surface area (Å²) in [7, 11) is 1.69. The van der Waals surface area contributed by atoms with E-state index in [0.29, 0.717) is 25.7 Å². The molecule has 2 amide bonds. The second-order valence-corrected chi connectivity index (χ2v) is 5.11. The summed E-state index contributed by atoms with van der Waals surface area (Å²) in [6.07, 6.45) is 5.95. The fourth-order valence-electron chi connectivity index (χ4n) is 2.43. The summed E-state index contributed by atoms with van der Waals surface area (Å²) in [5.74, 6) is -0.999. The Balaban J connectivity index is 1.85. The van der Waals surface area contributed by atoms with Crippen molar-refractivity contribution in [1.82, 2.24) is 10.3 Å². The summed E-state index contributed by atoms with van der Waals surface area (Å²) in [4.78, 5) is 28.5. The van der Waals surface area contributed by atoms with Crippen molar-refractivity contribution < 1.29 is 14.7 Å². The molecule has 108 valence electrons. The number of carbonyl (C=O) groups excluding carboxylic acids is 1. The first-order valence-corrected chi connectivity index (χ1v) is 6.75. The quantitative estimate of drug-likeness (QED) is 0.883. The predicted molar refractivity (Wildman–Crippen MR) is 74.6 cm³/mol. The molecule has 0 atom stereocenters. The Kier molecular flexibility index (Phi) is 4.55. The number of aliphatic carboxylic acids is 1. The number of carboxylic acids is 1. The molecule has 0 aliphatic heterocycles. The maximum absolute atomic E-state index is 12.1. The number of pyridine rings is 1. The van der Waals surface area contributed by atoms with Crippen molar-refractivity contribution in [2.45, 2.75) is 31.7 Å². The normalized spacial score (nSPS) is 22.1. The van der Waals surface area contributed by atoms with Crippen LogP contribution in [0.1, 0.15) is 25.7 Å². The van der Waals surface area contributed by atoms with Crippen molar-refractivity contribution in [1.29, 1.82) is 0 Å². The predicted octanol–water partition coefficient (Wildman–Crippen LogP) is 1.87. The molecule has 1 aromatic rings. The van der Waals surface area contributed by atoms with E-state index < -0.39 is 5.97 Å². The summed E-state index contributed by atoms with van der Waals surface area (Å²) < 4.78 is 0. The number of nitrogens with one attached hydrogen (secondary N) is 1. The molecule has 2 rings (SSSR count). The zero-order valence-corrected chi connectivity index (χ0v) is 11.5. The van der Waals surface area contributed by atoms with Crippen molar-refractivity contribution in [3.63, 3.8) is 0 Å². The van der Waals surface area contributed by atoms with Crippen LogP contribution in [0, 0.1) is 5.92 Å². The molecular weight excluding hydrogens is 258 g/mol. The molecule has 0 spiro atoms. The molecule has 6 heteroatoms. The molecule has 6 nitrogen and oxygen atoms in total. The summed E-state index contributed by atoms with van der Waals surface area (Å²) in [5.41, 5.74) is 0.726. The Morgan fingerprint density at radius 2 is 2.05 bits per heavy atom. The number of urea groups is 1. The Morgan fingerprint density at radius 3 is 2.60 bits per heavy atom. The van der Waals surface area contributed by atoms with Crippen molar-refractivity contribution >= 4 is 17.7 Å². The number of rotatable bonds is 3. The van der Waals surface area contributed by atoms with Gasteiger partial charge in [0.2, 0.25) is 0 Å². The van der Waals surface area contributed by atoms with Crippen molar-refractivity contribution in [3.05, 3.63) is 24.5 Å². The van der Waals surface area contributed by atoms with Crippen LogP contribution in [0.25, 0.3) is 0 Å². The highest BCUT2D eigenvalue weighted by Gasteiger charge is 2.27. The molecular formula is C14H19N3O3. The number of carbonyl (C=O) groups is 2. The zero-order valence-electron chi connectivity index (χ0n) is 11.5. The minimum Gasteiger partial charge on any atom is -0.481 e. The number of nitrogens with zero attached hydrogens (tertiary/aromatic N) is 2. The van der Waals surface area contributed by atoms with Gasteiger partial charge in [0.25, 0.3) is 0 Å². The minimum atomic E-state index is -0.734. The molecule has 2 N–H and O–H groups in total. The van der Waals surface area contributed by atoms with E-state index in [1.54, 1.807) is 25.5 Å². The second-order valence-electron chi connectivity index (χ2n) is 5.11. The lowest BCUT2D eigenvalue weighted by atomic mass is 9.86. The smallest absolute Gasteiger partial charge is 0.321 e. The van der Waals surface area contributed by atoms with E-state index in [-0.39, 0.29) is 18.0 Å². The van der Waals surface area contributed by atoms with Crippen LogP contribution in [0.15, 0.2) is 24.5 Å². The molecule has 1 heterocycles. The van der Waals surface area contributed by atoms with Crippen molar-refractivity contribution in [2.75, 3.05) is 11.9 Å². The number of aromatic nitrogens is 1. The van der Waals surface area contributed by atoms with E-state index in [1.807, 2.05) is 6.07 Å². The summed E-state index contributed by atoms with van der Waals surface area (Å²) in [6.45, 7) is 0. The van der Waals surface area contributed by atoms with Crippen molar-refractivity contribution in [3.8, 4) is 0 Å². The molecule has 0 radical (unpaired) electrons. The van der Waals surface area contributed by atoms with E-state index in [4.69, 9.17) is 5.11 Å². The molecule has 1 saturated carbocycles. The van der Waals surface area contributed by atoms with E-state index >= 15 is 0 Å². The third-order valence-electron chi connectivity index (χ3n) is 3.74. The largest absolute Gasteiger partial charge is 0.481 e. The highest BCUT2D eigenvalue weighted by atomic mass is 16.4. The molecule has 1 aliphatic carbocycles. The fraction of sp³-hybridized carbons (Fsp3) is 0.500. The number of carboxylic acid groups (broad SMARTS) is 1. The average Bonchev–Trinajstić information content (AvgIpc) is 2.48. The monoisotopic (exact) mass is 277 g/mol. The second kappa shape index (κ2) is 6.36. The SMILES string of the molecule is CN(C(=O)NC1CCC(C(=O)O)CC1)c1cccnc1. The van der Waals surface area contributed by atoms with Crippen LogP contribution in [0.4, 0.5) is 10.5 Å². The molecule has 20 heavy (non-hydrogen) atoms. The third-order valence-corrected chi connectivity index (χ3v) is 3.74. The lowest BCUT2D eigenvalue weighted by Crippen LogP contribution is -2.45. The van der Waals surface area contributed by atoms with E-state index in [9.17, 15) is 9.59 Å². The fourth-order valence-corrected chi connectivity index (χ4v) is 2.43. The van der Waals surface area contributed by atoms with E-state index in [1.165, 1.54) is 4.90 Å². The van der Waals surface area contributed by atoms with Crippen LogP contribution in [-0.4, -0.2) is 35.2 Å². The molecule has 1 fully saturated rings. The first-order valence-electron chi connectivity index (χ1n) is 6.75. The number of hydrogen-bond donors (Lipinski definition) is 2. The molecule has 0 bridgehead atoms. The summed E-state index contributed by atoms with van der Waals surface area (Å²) >= 11 is 0. The first-order chi connectivity index (χ1) is 9.58. The Hall–Kier alpha value is -2.11. The van der Waals surface area contributed by atoms with Gasteiger partial charge in [0, 0.05) is 19.3 Å². The van der Waals surface area contributed by atoms with Crippen LogP contribution in [0.2, 0.25) is 0 Å². The van der Waals surface area contributed by atoms with Gasteiger partial charge in [-0.05, 0) is 37.8 Å². The van der Waals surface area contributed by atoms with Crippen LogP contribution in [0.3, 0.4) is 0 Å². The van der Waals surface area contributed by atoms with Crippen molar-refractivity contribution in [2.24, 2.45) is 5.92 Å². The topological polar surface area (TPSA) is 82.5 Å². The minimum absolute atomic E-state index is 0.0530. The highest BCUT2D eigenvalue weighted by molar-refractivity contribution is 5.91. The lowest BCUT2D eigenvalue weighted by Gasteiger charge is -2.28. The molecule has 0 aromatic carbocycles.